The summed E-state index contributed by atoms with van der Waals surface area (Å²) in [5, 5.41) is 3.33. The zero-order valence-electron chi connectivity index (χ0n) is 9.40. The molecular weight excluding hydrogens is 204 g/mol. The van der Waals surface area contributed by atoms with Crippen LogP contribution in [0.15, 0.2) is 18.3 Å². The molecule has 0 amide bonds. The second-order valence-corrected chi connectivity index (χ2v) is 4.02. The summed E-state index contributed by atoms with van der Waals surface area (Å²) < 4.78 is 5.28. The molecule has 0 bridgehead atoms. The summed E-state index contributed by atoms with van der Waals surface area (Å²) in [5.41, 5.74) is 0.699. The minimum absolute atomic E-state index is 0.0671. The molecule has 1 aromatic rings. The molecule has 2 rings (SSSR count). The molecule has 0 spiro atoms. The first-order chi connectivity index (χ1) is 7.75. The number of anilines is 1. The van der Waals surface area contributed by atoms with Crippen LogP contribution in [0.5, 0.6) is 0 Å². The van der Waals surface area contributed by atoms with Crippen LogP contribution in [0.2, 0.25) is 0 Å². The van der Waals surface area contributed by atoms with Crippen LogP contribution in [-0.2, 0) is 4.74 Å². The lowest BCUT2D eigenvalue weighted by atomic mass is 10.1. The first-order valence-electron chi connectivity index (χ1n) is 5.57. The van der Waals surface area contributed by atoms with Gasteiger partial charge < -0.3 is 10.1 Å². The molecule has 4 heteroatoms. The van der Waals surface area contributed by atoms with Crippen molar-refractivity contribution >= 4 is 11.6 Å². The van der Waals surface area contributed by atoms with E-state index in [0.717, 1.165) is 31.9 Å². The van der Waals surface area contributed by atoms with Crippen molar-refractivity contribution in [2.45, 2.75) is 25.8 Å². The van der Waals surface area contributed by atoms with E-state index in [1.807, 2.05) is 0 Å². The SMILES string of the molecule is CC(=O)c1ccnc(NC2CCOCC2)c1. The van der Waals surface area contributed by atoms with Gasteiger partial charge in [-0.15, -0.1) is 0 Å². The fraction of sp³-hybridized carbons (Fsp3) is 0.500. The quantitative estimate of drug-likeness (QED) is 0.790. The molecule has 1 aliphatic rings. The van der Waals surface area contributed by atoms with Gasteiger partial charge in [-0.3, -0.25) is 4.79 Å². The Morgan fingerprint density at radius 2 is 2.25 bits per heavy atom. The maximum Gasteiger partial charge on any atom is 0.159 e. The number of rotatable bonds is 3. The highest BCUT2D eigenvalue weighted by Gasteiger charge is 2.14. The van der Waals surface area contributed by atoms with E-state index in [1.165, 1.54) is 0 Å². The van der Waals surface area contributed by atoms with Crippen LogP contribution in [0.3, 0.4) is 0 Å². The van der Waals surface area contributed by atoms with Gasteiger partial charge >= 0.3 is 0 Å². The van der Waals surface area contributed by atoms with Gasteiger partial charge in [-0.2, -0.15) is 0 Å². The predicted molar refractivity (Wildman–Crippen MR) is 61.7 cm³/mol. The monoisotopic (exact) mass is 220 g/mol. The lowest BCUT2D eigenvalue weighted by Gasteiger charge is -2.23. The van der Waals surface area contributed by atoms with Crippen LogP contribution in [0, 0.1) is 0 Å². The number of ether oxygens (including phenoxy) is 1. The molecule has 1 aromatic heterocycles. The number of carbonyl (C=O) groups is 1. The summed E-state index contributed by atoms with van der Waals surface area (Å²) in [6.45, 7) is 3.15. The van der Waals surface area contributed by atoms with Crippen molar-refractivity contribution in [3.63, 3.8) is 0 Å². The smallest absolute Gasteiger partial charge is 0.159 e. The zero-order chi connectivity index (χ0) is 11.4. The van der Waals surface area contributed by atoms with Gasteiger partial charge in [0, 0.05) is 31.0 Å². The summed E-state index contributed by atoms with van der Waals surface area (Å²) in [4.78, 5) is 15.4. The number of hydrogen-bond donors (Lipinski definition) is 1. The summed E-state index contributed by atoms with van der Waals surface area (Å²) in [6, 6.07) is 3.94. The second-order valence-electron chi connectivity index (χ2n) is 4.02. The van der Waals surface area contributed by atoms with Gasteiger partial charge in [0.25, 0.3) is 0 Å². The number of carbonyl (C=O) groups excluding carboxylic acids is 1. The number of hydrogen-bond acceptors (Lipinski definition) is 4. The normalized spacial score (nSPS) is 17.1. The van der Waals surface area contributed by atoms with Crippen molar-refractivity contribution in [1.29, 1.82) is 0 Å². The Morgan fingerprint density at radius 3 is 2.94 bits per heavy atom. The van der Waals surface area contributed by atoms with Crippen molar-refractivity contribution in [3.8, 4) is 0 Å². The third-order valence-corrected chi connectivity index (χ3v) is 2.74. The van der Waals surface area contributed by atoms with E-state index < -0.39 is 0 Å². The van der Waals surface area contributed by atoms with Crippen molar-refractivity contribution in [2.24, 2.45) is 0 Å². The van der Waals surface area contributed by atoms with Gasteiger partial charge in [0.15, 0.2) is 5.78 Å². The molecule has 0 atom stereocenters. The van der Waals surface area contributed by atoms with Gasteiger partial charge in [0.05, 0.1) is 0 Å². The molecule has 0 unspecified atom stereocenters. The summed E-state index contributed by atoms with van der Waals surface area (Å²) in [5.74, 6) is 0.844. The Bertz CT molecular complexity index is 373. The van der Waals surface area contributed by atoms with Crippen molar-refractivity contribution < 1.29 is 9.53 Å². The number of pyridine rings is 1. The van der Waals surface area contributed by atoms with Crippen LogP contribution >= 0.6 is 0 Å². The summed E-state index contributed by atoms with van der Waals surface area (Å²) in [7, 11) is 0. The highest BCUT2D eigenvalue weighted by atomic mass is 16.5. The minimum atomic E-state index is 0.0671. The zero-order valence-corrected chi connectivity index (χ0v) is 9.40. The Hall–Kier alpha value is -1.42. The summed E-state index contributed by atoms with van der Waals surface area (Å²) in [6.07, 6.45) is 3.65. The van der Waals surface area contributed by atoms with Crippen LogP contribution < -0.4 is 5.32 Å². The molecule has 0 aliphatic carbocycles. The van der Waals surface area contributed by atoms with Crippen molar-refractivity contribution in [2.75, 3.05) is 18.5 Å². The molecule has 1 saturated heterocycles. The Kier molecular flexibility index (Phi) is 3.51. The highest BCUT2D eigenvalue weighted by molar-refractivity contribution is 5.94. The fourth-order valence-electron chi connectivity index (χ4n) is 1.78. The number of aromatic nitrogens is 1. The molecule has 16 heavy (non-hydrogen) atoms. The Balaban J connectivity index is 2.02. The molecule has 0 radical (unpaired) electrons. The molecule has 1 aliphatic heterocycles. The second kappa shape index (κ2) is 5.07. The lowest BCUT2D eigenvalue weighted by molar-refractivity contribution is 0.0903. The first kappa shape index (κ1) is 11.1. The van der Waals surface area contributed by atoms with E-state index in [4.69, 9.17) is 4.74 Å². The van der Waals surface area contributed by atoms with Gasteiger partial charge in [0.1, 0.15) is 5.82 Å². The van der Waals surface area contributed by atoms with Crippen LogP contribution in [0.1, 0.15) is 30.1 Å². The van der Waals surface area contributed by atoms with Crippen molar-refractivity contribution in [1.82, 2.24) is 4.98 Å². The first-order valence-corrected chi connectivity index (χ1v) is 5.57. The maximum absolute atomic E-state index is 11.2. The minimum Gasteiger partial charge on any atom is -0.381 e. The molecule has 2 heterocycles. The summed E-state index contributed by atoms with van der Waals surface area (Å²) >= 11 is 0. The van der Waals surface area contributed by atoms with Gasteiger partial charge in [-0.25, -0.2) is 4.98 Å². The van der Waals surface area contributed by atoms with E-state index in [0.29, 0.717) is 11.6 Å². The number of nitrogens with one attached hydrogen (secondary N) is 1. The number of ketones is 1. The molecule has 4 nitrogen and oxygen atoms in total. The molecule has 86 valence electrons. The molecule has 0 saturated carbocycles. The fourth-order valence-corrected chi connectivity index (χ4v) is 1.78. The Labute approximate surface area is 95.0 Å². The Morgan fingerprint density at radius 1 is 1.50 bits per heavy atom. The average Bonchev–Trinajstić information content (AvgIpc) is 2.30. The lowest BCUT2D eigenvalue weighted by Crippen LogP contribution is -2.28. The standard InChI is InChI=1S/C12H16N2O2/c1-9(15)10-2-5-13-12(8-10)14-11-3-6-16-7-4-11/h2,5,8,11H,3-4,6-7H2,1H3,(H,13,14). The van der Waals surface area contributed by atoms with Crippen LogP contribution in [0.4, 0.5) is 5.82 Å². The van der Waals surface area contributed by atoms with Crippen LogP contribution in [0.25, 0.3) is 0 Å². The van der Waals surface area contributed by atoms with E-state index >= 15 is 0 Å². The average molecular weight is 220 g/mol. The third kappa shape index (κ3) is 2.79. The van der Waals surface area contributed by atoms with E-state index in [-0.39, 0.29) is 5.78 Å². The van der Waals surface area contributed by atoms with Gasteiger partial charge in [0.2, 0.25) is 0 Å². The van der Waals surface area contributed by atoms with E-state index in [9.17, 15) is 4.79 Å². The molecular formula is C12H16N2O2. The van der Waals surface area contributed by atoms with Crippen molar-refractivity contribution in [3.05, 3.63) is 23.9 Å². The number of nitrogens with zero attached hydrogens (tertiary/aromatic N) is 1. The molecule has 1 N–H and O–H groups in total. The topological polar surface area (TPSA) is 51.2 Å². The largest absolute Gasteiger partial charge is 0.381 e. The van der Waals surface area contributed by atoms with Gasteiger partial charge in [-0.05, 0) is 31.9 Å². The third-order valence-electron chi connectivity index (χ3n) is 2.74. The highest BCUT2D eigenvalue weighted by Crippen LogP contribution is 2.14. The maximum atomic E-state index is 11.2. The number of Topliss-reactive ketones (excluding diaryl/α,β-unsaturated/α-hetero) is 1. The van der Waals surface area contributed by atoms with Crippen LogP contribution in [-0.4, -0.2) is 30.0 Å². The molecule has 1 fully saturated rings. The predicted octanol–water partition coefficient (Wildman–Crippen LogP) is 1.88. The van der Waals surface area contributed by atoms with E-state index in [2.05, 4.69) is 10.3 Å². The molecule has 0 aromatic carbocycles. The van der Waals surface area contributed by atoms with Gasteiger partial charge in [-0.1, -0.05) is 0 Å². The van der Waals surface area contributed by atoms with E-state index in [1.54, 1.807) is 25.3 Å².